The first-order valence-corrected chi connectivity index (χ1v) is 10.1. The lowest BCUT2D eigenvalue weighted by molar-refractivity contribution is 0.324. The second kappa shape index (κ2) is 9.38. The summed E-state index contributed by atoms with van der Waals surface area (Å²) in [6.07, 6.45) is 3.73. The van der Waals surface area contributed by atoms with Crippen molar-refractivity contribution in [2.75, 3.05) is 26.6 Å². The number of hydrogen-bond acceptors (Lipinski definition) is 7. The van der Waals surface area contributed by atoms with Crippen LogP contribution in [-0.4, -0.2) is 41.1 Å². The molecule has 0 radical (unpaired) electrons. The number of aromatic nitrogens is 4. The number of anilines is 2. The second-order valence-electron chi connectivity index (χ2n) is 7.12. The molecule has 0 unspecified atom stereocenters. The average molecular weight is 431 g/mol. The minimum Gasteiger partial charge on any atom is -0.493 e. The molecule has 4 rings (SSSR count). The van der Waals surface area contributed by atoms with Gasteiger partial charge in [0.1, 0.15) is 0 Å². The average Bonchev–Trinajstić information content (AvgIpc) is 3.19. The Kier molecular flexibility index (Phi) is 6.21. The molecule has 2 aromatic heterocycles. The van der Waals surface area contributed by atoms with Crippen molar-refractivity contribution in [3.8, 4) is 28.5 Å². The third kappa shape index (κ3) is 4.49. The van der Waals surface area contributed by atoms with Gasteiger partial charge in [-0.25, -0.2) is 9.97 Å². The quantitative estimate of drug-likeness (QED) is 0.441. The Morgan fingerprint density at radius 2 is 1.66 bits per heavy atom. The summed E-state index contributed by atoms with van der Waals surface area (Å²) in [6, 6.07) is 15.7. The van der Waals surface area contributed by atoms with Gasteiger partial charge in [0.05, 0.1) is 39.3 Å². The van der Waals surface area contributed by atoms with E-state index in [1.807, 2.05) is 42.1 Å². The molecule has 0 fully saturated rings. The van der Waals surface area contributed by atoms with Gasteiger partial charge >= 0.3 is 0 Å². The van der Waals surface area contributed by atoms with Gasteiger partial charge in [0.25, 0.3) is 0 Å². The first-order valence-electron chi connectivity index (χ1n) is 10.1. The van der Waals surface area contributed by atoms with Crippen LogP contribution in [0, 0.1) is 6.92 Å². The van der Waals surface area contributed by atoms with Crippen LogP contribution in [0.4, 0.5) is 11.6 Å². The molecule has 0 atom stereocenters. The normalized spacial score (nSPS) is 10.6. The Labute approximate surface area is 186 Å². The lowest BCUT2D eigenvalue weighted by Gasteiger charge is -2.14. The lowest BCUT2D eigenvalue weighted by atomic mass is 10.2. The van der Waals surface area contributed by atoms with Crippen LogP contribution in [0.3, 0.4) is 0 Å². The summed E-state index contributed by atoms with van der Waals surface area (Å²) in [7, 11) is 4.72. The number of hydrogen-bond donors (Lipinski definition) is 1. The van der Waals surface area contributed by atoms with Crippen LogP contribution in [0.5, 0.6) is 17.2 Å². The zero-order valence-corrected chi connectivity index (χ0v) is 18.5. The molecule has 1 N–H and O–H groups in total. The number of benzene rings is 2. The van der Waals surface area contributed by atoms with Gasteiger partial charge in [0.2, 0.25) is 11.7 Å². The van der Waals surface area contributed by atoms with Crippen molar-refractivity contribution < 1.29 is 14.2 Å². The lowest BCUT2D eigenvalue weighted by Crippen LogP contribution is -2.01. The van der Waals surface area contributed by atoms with Crippen LogP contribution in [0.25, 0.3) is 11.3 Å². The van der Waals surface area contributed by atoms with Crippen molar-refractivity contribution in [3.63, 3.8) is 0 Å². The predicted octanol–water partition coefficient (Wildman–Crippen LogP) is 4.47. The molecular formula is C24H25N5O3. The highest BCUT2D eigenvalue weighted by atomic mass is 16.5. The summed E-state index contributed by atoms with van der Waals surface area (Å²) in [5, 5.41) is 7.87. The van der Waals surface area contributed by atoms with Gasteiger partial charge in [-0.1, -0.05) is 30.3 Å². The van der Waals surface area contributed by atoms with Gasteiger partial charge in [-0.3, -0.25) is 4.68 Å². The number of aryl methyl sites for hydroxylation is 1. The molecule has 0 aliphatic carbocycles. The Balaban J connectivity index is 1.60. The smallest absolute Gasteiger partial charge is 0.227 e. The van der Waals surface area contributed by atoms with E-state index in [1.165, 1.54) is 5.56 Å². The molecule has 8 nitrogen and oxygen atoms in total. The molecule has 32 heavy (non-hydrogen) atoms. The number of nitrogens with one attached hydrogen (secondary N) is 1. The highest BCUT2D eigenvalue weighted by Crippen LogP contribution is 2.40. The standard InChI is InChI=1S/C24H25N5O3/c1-16-19(15-29(28-16)14-17-8-6-5-7-9-17)20-10-11-25-24(27-20)26-18-12-21(30-2)23(32-4)22(13-18)31-3/h5-13,15H,14H2,1-4H3,(H,25,26,27). The van der Waals surface area contributed by atoms with Crippen LogP contribution in [0.2, 0.25) is 0 Å². The van der Waals surface area contributed by atoms with Gasteiger partial charge < -0.3 is 19.5 Å². The zero-order chi connectivity index (χ0) is 22.5. The third-order valence-electron chi connectivity index (χ3n) is 4.99. The SMILES string of the molecule is COc1cc(Nc2nccc(-c3cn(Cc4ccccc4)nc3C)n2)cc(OC)c1OC. The summed E-state index contributed by atoms with van der Waals surface area (Å²) in [6.45, 7) is 2.68. The number of nitrogens with zero attached hydrogens (tertiary/aromatic N) is 4. The molecule has 0 aliphatic heterocycles. The summed E-state index contributed by atoms with van der Waals surface area (Å²) >= 11 is 0. The van der Waals surface area contributed by atoms with E-state index in [0.717, 1.165) is 17.0 Å². The first kappa shape index (κ1) is 21.2. The van der Waals surface area contributed by atoms with Crippen molar-refractivity contribution >= 4 is 11.6 Å². The van der Waals surface area contributed by atoms with Gasteiger partial charge in [0.15, 0.2) is 11.5 Å². The molecule has 164 valence electrons. The monoisotopic (exact) mass is 431 g/mol. The summed E-state index contributed by atoms with van der Waals surface area (Å²) in [4.78, 5) is 9.04. The Hall–Kier alpha value is -4.07. The maximum absolute atomic E-state index is 5.42. The highest BCUT2D eigenvalue weighted by Gasteiger charge is 2.15. The maximum Gasteiger partial charge on any atom is 0.227 e. The van der Waals surface area contributed by atoms with E-state index in [9.17, 15) is 0 Å². The molecule has 8 heteroatoms. The van der Waals surface area contributed by atoms with Gasteiger partial charge in [-0.2, -0.15) is 5.10 Å². The Bertz CT molecular complexity index is 1180. The van der Waals surface area contributed by atoms with Crippen molar-refractivity contribution in [1.82, 2.24) is 19.7 Å². The highest BCUT2D eigenvalue weighted by molar-refractivity contribution is 5.67. The molecule has 0 aliphatic rings. The maximum atomic E-state index is 5.42. The predicted molar refractivity (Wildman–Crippen MR) is 123 cm³/mol. The van der Waals surface area contributed by atoms with E-state index >= 15 is 0 Å². The first-order chi connectivity index (χ1) is 15.6. The van der Waals surface area contributed by atoms with Crippen LogP contribution in [0.1, 0.15) is 11.3 Å². The van der Waals surface area contributed by atoms with Crippen LogP contribution < -0.4 is 19.5 Å². The summed E-state index contributed by atoms with van der Waals surface area (Å²) in [5.74, 6) is 2.07. The molecule has 0 saturated heterocycles. The number of ether oxygens (including phenoxy) is 3. The van der Waals surface area contributed by atoms with Crippen molar-refractivity contribution in [2.24, 2.45) is 0 Å². The molecule has 2 aromatic carbocycles. The topological polar surface area (TPSA) is 83.3 Å². The zero-order valence-electron chi connectivity index (χ0n) is 18.5. The van der Waals surface area contributed by atoms with Crippen molar-refractivity contribution in [1.29, 1.82) is 0 Å². The van der Waals surface area contributed by atoms with Crippen LogP contribution in [-0.2, 0) is 6.54 Å². The molecule has 4 aromatic rings. The fraction of sp³-hybridized carbons (Fsp3) is 0.208. The van der Waals surface area contributed by atoms with E-state index in [2.05, 4.69) is 32.5 Å². The van der Waals surface area contributed by atoms with E-state index in [-0.39, 0.29) is 0 Å². The Morgan fingerprint density at radius 3 is 2.31 bits per heavy atom. The van der Waals surface area contributed by atoms with Gasteiger partial charge in [-0.15, -0.1) is 0 Å². The Morgan fingerprint density at radius 1 is 0.938 bits per heavy atom. The molecule has 2 heterocycles. The molecule has 0 saturated carbocycles. The van der Waals surface area contributed by atoms with E-state index < -0.39 is 0 Å². The fourth-order valence-electron chi connectivity index (χ4n) is 3.47. The number of methoxy groups -OCH3 is 3. The second-order valence-corrected chi connectivity index (χ2v) is 7.12. The van der Waals surface area contributed by atoms with Gasteiger partial charge in [0, 0.05) is 35.8 Å². The fourth-order valence-corrected chi connectivity index (χ4v) is 3.47. The minimum atomic E-state index is 0.451. The summed E-state index contributed by atoms with van der Waals surface area (Å²) < 4.78 is 18.1. The molecular weight excluding hydrogens is 406 g/mol. The van der Waals surface area contributed by atoms with E-state index in [1.54, 1.807) is 39.7 Å². The minimum absolute atomic E-state index is 0.451. The van der Waals surface area contributed by atoms with E-state index in [0.29, 0.717) is 35.4 Å². The van der Waals surface area contributed by atoms with Crippen molar-refractivity contribution in [3.05, 3.63) is 72.2 Å². The van der Waals surface area contributed by atoms with Gasteiger partial charge in [-0.05, 0) is 18.6 Å². The largest absolute Gasteiger partial charge is 0.493 e. The van der Waals surface area contributed by atoms with Crippen LogP contribution in [0.15, 0.2) is 60.9 Å². The van der Waals surface area contributed by atoms with Crippen molar-refractivity contribution in [2.45, 2.75) is 13.5 Å². The molecule has 0 spiro atoms. The molecule has 0 amide bonds. The van der Waals surface area contributed by atoms with Crippen LogP contribution >= 0.6 is 0 Å². The number of rotatable bonds is 8. The third-order valence-corrected chi connectivity index (χ3v) is 4.99. The summed E-state index contributed by atoms with van der Waals surface area (Å²) in [5.41, 5.74) is 4.54. The van der Waals surface area contributed by atoms with E-state index in [4.69, 9.17) is 14.2 Å². The molecule has 0 bridgehead atoms.